The number of carbonyl (C=O) groups is 3. The van der Waals surface area contributed by atoms with Gasteiger partial charge in [-0.2, -0.15) is 4.72 Å². The first-order valence-electron chi connectivity index (χ1n) is 8.85. The lowest BCUT2D eigenvalue weighted by atomic mass is 10.1. The Morgan fingerprint density at radius 3 is 2.24 bits per heavy atom. The lowest BCUT2D eigenvalue weighted by molar-refractivity contribution is -0.147. The van der Waals surface area contributed by atoms with Crippen LogP contribution < -0.4 is 10.0 Å². The van der Waals surface area contributed by atoms with E-state index < -0.39 is 35.1 Å². The van der Waals surface area contributed by atoms with Crippen LogP contribution in [0.2, 0.25) is 0 Å². The highest BCUT2D eigenvalue weighted by atomic mass is 32.2. The van der Waals surface area contributed by atoms with Crippen molar-refractivity contribution < 1.29 is 27.5 Å². The summed E-state index contributed by atoms with van der Waals surface area (Å²) in [4.78, 5) is 34.5. The van der Waals surface area contributed by atoms with Crippen molar-refractivity contribution in [3.63, 3.8) is 0 Å². The molecule has 2 aromatic rings. The van der Waals surface area contributed by atoms with E-state index in [1.165, 1.54) is 31.2 Å². The molecule has 0 aliphatic carbocycles. The molecule has 1 amide bonds. The number of amides is 1. The molecule has 0 heterocycles. The summed E-state index contributed by atoms with van der Waals surface area (Å²) in [6.07, 6.45) is 0.642. The summed E-state index contributed by atoms with van der Waals surface area (Å²) in [6, 6.07) is 14.9. The molecule has 0 unspecified atom stereocenters. The number of sulfonamides is 1. The lowest BCUT2D eigenvalue weighted by Gasteiger charge is -2.08. The molecule has 154 valence electrons. The third kappa shape index (κ3) is 7.47. The van der Waals surface area contributed by atoms with E-state index in [2.05, 4.69) is 10.0 Å². The van der Waals surface area contributed by atoms with Crippen LogP contribution in [0.3, 0.4) is 0 Å². The quantitative estimate of drug-likeness (QED) is 0.440. The molecule has 0 saturated heterocycles. The van der Waals surface area contributed by atoms with Crippen LogP contribution in [0.25, 0.3) is 0 Å². The highest BCUT2D eigenvalue weighted by Gasteiger charge is 2.17. The monoisotopic (exact) mass is 418 g/mol. The standard InChI is InChI=1S/C20H22N2O6S/c1-15(23)17-7-9-18(10-8-17)29(26,27)22-13-20(25)28-14-19(24)21-12-11-16-5-3-2-4-6-16/h2-10,22H,11-14H2,1H3,(H,21,24). The van der Waals surface area contributed by atoms with Crippen molar-refractivity contribution in [2.24, 2.45) is 0 Å². The molecule has 0 saturated carbocycles. The first-order valence-corrected chi connectivity index (χ1v) is 10.3. The second-order valence-electron chi connectivity index (χ2n) is 6.15. The highest BCUT2D eigenvalue weighted by molar-refractivity contribution is 7.89. The molecule has 0 aromatic heterocycles. The Balaban J connectivity index is 1.71. The molecule has 0 aliphatic heterocycles. The van der Waals surface area contributed by atoms with Crippen molar-refractivity contribution in [1.29, 1.82) is 0 Å². The zero-order valence-electron chi connectivity index (χ0n) is 15.9. The van der Waals surface area contributed by atoms with Crippen LogP contribution in [0.4, 0.5) is 0 Å². The van der Waals surface area contributed by atoms with E-state index >= 15 is 0 Å². The average molecular weight is 418 g/mol. The number of ether oxygens (including phenoxy) is 1. The van der Waals surface area contributed by atoms with Crippen LogP contribution in [0, 0.1) is 0 Å². The molecular weight excluding hydrogens is 396 g/mol. The van der Waals surface area contributed by atoms with E-state index in [4.69, 9.17) is 4.74 Å². The van der Waals surface area contributed by atoms with Gasteiger partial charge in [-0.1, -0.05) is 42.5 Å². The van der Waals surface area contributed by atoms with Gasteiger partial charge in [0.1, 0.15) is 6.54 Å². The fraction of sp³-hybridized carbons (Fsp3) is 0.250. The number of esters is 1. The maximum atomic E-state index is 12.1. The minimum atomic E-state index is -3.94. The maximum Gasteiger partial charge on any atom is 0.321 e. The van der Waals surface area contributed by atoms with Crippen LogP contribution >= 0.6 is 0 Å². The number of nitrogens with one attached hydrogen (secondary N) is 2. The van der Waals surface area contributed by atoms with Crippen molar-refractivity contribution >= 4 is 27.7 Å². The number of carbonyl (C=O) groups excluding carboxylic acids is 3. The number of rotatable bonds is 10. The Labute approximate surface area is 169 Å². The number of hydrogen-bond donors (Lipinski definition) is 2. The topological polar surface area (TPSA) is 119 Å². The lowest BCUT2D eigenvalue weighted by Crippen LogP contribution is -2.34. The minimum absolute atomic E-state index is 0.0889. The van der Waals surface area contributed by atoms with Crippen LogP contribution in [0.15, 0.2) is 59.5 Å². The molecule has 2 N–H and O–H groups in total. The van der Waals surface area contributed by atoms with Gasteiger partial charge >= 0.3 is 5.97 Å². The predicted octanol–water partition coefficient (Wildman–Crippen LogP) is 1.07. The van der Waals surface area contributed by atoms with Gasteiger partial charge in [-0.05, 0) is 31.0 Å². The van der Waals surface area contributed by atoms with E-state index in [9.17, 15) is 22.8 Å². The summed E-state index contributed by atoms with van der Waals surface area (Å²) in [5.74, 6) is -1.54. The molecule has 0 radical (unpaired) electrons. The van der Waals surface area contributed by atoms with E-state index in [-0.39, 0.29) is 10.7 Å². The van der Waals surface area contributed by atoms with E-state index in [0.717, 1.165) is 5.56 Å². The van der Waals surface area contributed by atoms with E-state index in [0.29, 0.717) is 18.5 Å². The molecule has 0 atom stereocenters. The molecule has 0 spiro atoms. The molecule has 8 nitrogen and oxygen atoms in total. The third-order valence-electron chi connectivity index (χ3n) is 3.92. The average Bonchev–Trinajstić information content (AvgIpc) is 2.71. The zero-order chi connectivity index (χ0) is 21.3. The van der Waals surface area contributed by atoms with Gasteiger partial charge in [-0.15, -0.1) is 0 Å². The maximum absolute atomic E-state index is 12.1. The summed E-state index contributed by atoms with van der Waals surface area (Å²) in [5, 5.41) is 2.62. The molecule has 2 rings (SSSR count). The van der Waals surface area contributed by atoms with Gasteiger partial charge in [-0.3, -0.25) is 14.4 Å². The second kappa shape index (κ2) is 10.5. The first kappa shape index (κ1) is 22.3. The van der Waals surface area contributed by atoms with Gasteiger partial charge in [0.2, 0.25) is 10.0 Å². The summed E-state index contributed by atoms with van der Waals surface area (Å²) >= 11 is 0. The molecule has 9 heteroatoms. The second-order valence-corrected chi connectivity index (χ2v) is 7.92. The number of ketones is 1. The Hall–Kier alpha value is -3.04. The van der Waals surface area contributed by atoms with Crippen molar-refractivity contribution in [2.75, 3.05) is 19.7 Å². The van der Waals surface area contributed by atoms with Gasteiger partial charge in [-0.25, -0.2) is 8.42 Å². The Kier molecular flexibility index (Phi) is 8.05. The molecule has 0 aliphatic rings. The molecule has 29 heavy (non-hydrogen) atoms. The summed E-state index contributed by atoms with van der Waals surface area (Å²) in [5.41, 5.74) is 1.44. The SMILES string of the molecule is CC(=O)c1ccc(S(=O)(=O)NCC(=O)OCC(=O)NCCc2ccccc2)cc1. The number of Topliss-reactive ketones (excluding diaryl/α,β-unsaturated/α-hetero) is 1. The number of hydrogen-bond acceptors (Lipinski definition) is 6. The van der Waals surface area contributed by atoms with Crippen LogP contribution in [-0.4, -0.2) is 45.8 Å². The van der Waals surface area contributed by atoms with Gasteiger partial charge in [0.15, 0.2) is 12.4 Å². The Morgan fingerprint density at radius 2 is 1.62 bits per heavy atom. The molecule has 0 bridgehead atoms. The van der Waals surface area contributed by atoms with Gasteiger partial charge in [0.05, 0.1) is 4.90 Å². The van der Waals surface area contributed by atoms with Crippen molar-refractivity contribution in [2.45, 2.75) is 18.2 Å². The van der Waals surface area contributed by atoms with E-state index in [1.807, 2.05) is 30.3 Å². The largest absolute Gasteiger partial charge is 0.455 e. The summed E-state index contributed by atoms with van der Waals surface area (Å²) < 4.78 is 31.2. The third-order valence-corrected chi connectivity index (χ3v) is 5.34. The Bertz CT molecular complexity index is 956. The van der Waals surface area contributed by atoms with Crippen LogP contribution in [0.1, 0.15) is 22.8 Å². The Morgan fingerprint density at radius 1 is 0.966 bits per heavy atom. The molecule has 2 aromatic carbocycles. The minimum Gasteiger partial charge on any atom is -0.455 e. The number of benzene rings is 2. The van der Waals surface area contributed by atoms with Crippen molar-refractivity contribution in [3.8, 4) is 0 Å². The van der Waals surface area contributed by atoms with Crippen LogP contribution in [-0.2, 0) is 30.8 Å². The first-order chi connectivity index (χ1) is 13.8. The normalized spacial score (nSPS) is 10.9. The van der Waals surface area contributed by atoms with E-state index in [1.54, 1.807) is 0 Å². The van der Waals surface area contributed by atoms with Gasteiger partial charge in [0.25, 0.3) is 5.91 Å². The summed E-state index contributed by atoms with van der Waals surface area (Å²) in [7, 11) is -3.94. The molecule has 0 fully saturated rings. The predicted molar refractivity (Wildman–Crippen MR) is 106 cm³/mol. The fourth-order valence-corrected chi connectivity index (χ4v) is 3.31. The highest BCUT2D eigenvalue weighted by Crippen LogP contribution is 2.10. The van der Waals surface area contributed by atoms with Crippen molar-refractivity contribution in [1.82, 2.24) is 10.0 Å². The van der Waals surface area contributed by atoms with Gasteiger partial charge < -0.3 is 10.1 Å². The fourth-order valence-electron chi connectivity index (χ4n) is 2.35. The molecular formula is C20H22N2O6S. The van der Waals surface area contributed by atoms with Crippen molar-refractivity contribution in [3.05, 3.63) is 65.7 Å². The van der Waals surface area contributed by atoms with Crippen LogP contribution in [0.5, 0.6) is 0 Å². The summed E-state index contributed by atoms with van der Waals surface area (Å²) in [6.45, 7) is 0.648. The van der Waals surface area contributed by atoms with Gasteiger partial charge in [0, 0.05) is 12.1 Å². The smallest absolute Gasteiger partial charge is 0.321 e. The zero-order valence-corrected chi connectivity index (χ0v) is 16.7.